The predicted molar refractivity (Wildman–Crippen MR) is 149 cm³/mol. The maximum absolute atomic E-state index is 12.2. The van der Waals surface area contributed by atoms with Crippen molar-refractivity contribution in [1.82, 2.24) is 14.9 Å². The first-order valence-electron chi connectivity index (χ1n) is 12.8. The molecular formula is C30H34ClN3O3. The minimum Gasteiger partial charge on any atom is -0.497 e. The Morgan fingerprint density at radius 2 is 1.73 bits per heavy atom. The van der Waals surface area contributed by atoms with E-state index in [1.807, 2.05) is 54.6 Å². The van der Waals surface area contributed by atoms with Crippen LogP contribution in [0.15, 0.2) is 72.8 Å². The van der Waals surface area contributed by atoms with Gasteiger partial charge in [0.1, 0.15) is 17.3 Å². The number of imidazole rings is 1. The van der Waals surface area contributed by atoms with Gasteiger partial charge in [-0.3, -0.25) is 4.79 Å². The Morgan fingerprint density at radius 3 is 2.54 bits per heavy atom. The van der Waals surface area contributed by atoms with Crippen molar-refractivity contribution in [3.8, 4) is 11.5 Å². The SMILES string of the molecule is COc1ccc(CC(=O)NCCCCCc2nc3ccccc3n2CCCOc2ccccc2Cl)cc1. The Balaban J connectivity index is 1.20. The molecule has 0 aliphatic rings. The second kappa shape index (κ2) is 13.7. The van der Waals surface area contributed by atoms with E-state index in [1.54, 1.807) is 7.11 Å². The van der Waals surface area contributed by atoms with E-state index in [4.69, 9.17) is 26.1 Å². The average Bonchev–Trinajstić information content (AvgIpc) is 3.27. The molecule has 37 heavy (non-hydrogen) atoms. The third kappa shape index (κ3) is 7.73. The summed E-state index contributed by atoms with van der Waals surface area (Å²) in [5.41, 5.74) is 3.16. The molecule has 0 spiro atoms. The molecule has 7 heteroatoms. The van der Waals surface area contributed by atoms with Crippen LogP contribution in [-0.2, 0) is 24.2 Å². The fourth-order valence-corrected chi connectivity index (χ4v) is 4.53. The van der Waals surface area contributed by atoms with Crippen molar-refractivity contribution in [2.24, 2.45) is 0 Å². The summed E-state index contributed by atoms with van der Waals surface area (Å²) in [6, 6.07) is 23.4. The molecule has 0 fully saturated rings. The Bertz CT molecular complexity index is 1290. The number of benzene rings is 3. The Morgan fingerprint density at radius 1 is 0.946 bits per heavy atom. The highest BCUT2D eigenvalue weighted by molar-refractivity contribution is 6.32. The third-order valence-electron chi connectivity index (χ3n) is 6.28. The van der Waals surface area contributed by atoms with Crippen LogP contribution >= 0.6 is 11.6 Å². The molecule has 1 amide bonds. The summed E-state index contributed by atoms with van der Waals surface area (Å²) in [6.07, 6.45) is 5.14. The van der Waals surface area contributed by atoms with Gasteiger partial charge < -0.3 is 19.4 Å². The van der Waals surface area contributed by atoms with Gasteiger partial charge in [0.2, 0.25) is 5.91 Å². The summed E-state index contributed by atoms with van der Waals surface area (Å²) < 4.78 is 13.3. The number of nitrogens with zero attached hydrogens (tertiary/aromatic N) is 2. The van der Waals surface area contributed by atoms with E-state index in [1.165, 1.54) is 0 Å². The number of carbonyl (C=O) groups excluding carboxylic acids is 1. The van der Waals surface area contributed by atoms with E-state index in [0.29, 0.717) is 24.6 Å². The second-order valence-electron chi connectivity index (χ2n) is 8.99. The lowest BCUT2D eigenvalue weighted by atomic mass is 10.1. The van der Waals surface area contributed by atoms with Crippen LogP contribution in [0.3, 0.4) is 0 Å². The number of methoxy groups -OCH3 is 1. The lowest BCUT2D eigenvalue weighted by Gasteiger charge is -2.11. The topological polar surface area (TPSA) is 65.4 Å². The number of nitrogens with one attached hydrogen (secondary N) is 1. The lowest BCUT2D eigenvalue weighted by molar-refractivity contribution is -0.120. The number of aryl methyl sites for hydroxylation is 2. The van der Waals surface area contributed by atoms with Gasteiger partial charge in [0.25, 0.3) is 0 Å². The number of hydrogen-bond acceptors (Lipinski definition) is 4. The van der Waals surface area contributed by atoms with Gasteiger partial charge in [-0.05, 0) is 61.2 Å². The fourth-order valence-electron chi connectivity index (χ4n) is 4.34. The lowest BCUT2D eigenvalue weighted by Crippen LogP contribution is -2.26. The molecule has 1 heterocycles. The van der Waals surface area contributed by atoms with Gasteiger partial charge >= 0.3 is 0 Å². The van der Waals surface area contributed by atoms with Gasteiger partial charge in [0.15, 0.2) is 0 Å². The van der Waals surface area contributed by atoms with Crippen molar-refractivity contribution in [2.75, 3.05) is 20.3 Å². The Hall–Kier alpha value is -3.51. The molecule has 4 rings (SSSR count). The molecule has 1 N–H and O–H groups in total. The average molecular weight is 520 g/mol. The minimum absolute atomic E-state index is 0.0472. The van der Waals surface area contributed by atoms with Crippen LogP contribution in [0.1, 0.15) is 37.1 Å². The van der Waals surface area contributed by atoms with Gasteiger partial charge in [0.05, 0.1) is 36.2 Å². The number of rotatable bonds is 14. The predicted octanol–water partition coefficient (Wildman–Crippen LogP) is 6.24. The van der Waals surface area contributed by atoms with E-state index in [9.17, 15) is 4.79 Å². The van der Waals surface area contributed by atoms with E-state index in [2.05, 4.69) is 28.1 Å². The molecule has 1 aromatic heterocycles. The first-order chi connectivity index (χ1) is 18.1. The fraction of sp³-hybridized carbons (Fsp3) is 0.333. The van der Waals surface area contributed by atoms with Gasteiger partial charge in [-0.15, -0.1) is 0 Å². The highest BCUT2D eigenvalue weighted by Crippen LogP contribution is 2.23. The zero-order chi connectivity index (χ0) is 25.9. The van der Waals surface area contributed by atoms with E-state index >= 15 is 0 Å². The molecule has 194 valence electrons. The zero-order valence-corrected chi connectivity index (χ0v) is 22.0. The molecule has 6 nitrogen and oxygen atoms in total. The smallest absolute Gasteiger partial charge is 0.224 e. The number of halogens is 1. The molecule has 3 aromatic carbocycles. The molecule has 0 unspecified atom stereocenters. The Labute approximate surface area is 223 Å². The number of aromatic nitrogens is 2. The van der Waals surface area contributed by atoms with Gasteiger partial charge in [-0.25, -0.2) is 4.98 Å². The van der Waals surface area contributed by atoms with Crippen molar-refractivity contribution in [3.05, 3.63) is 89.2 Å². The van der Waals surface area contributed by atoms with Crippen molar-refractivity contribution >= 4 is 28.5 Å². The molecule has 0 saturated carbocycles. The normalized spacial score (nSPS) is 11.0. The summed E-state index contributed by atoms with van der Waals surface area (Å²) in [4.78, 5) is 17.1. The molecule has 4 aromatic rings. The highest BCUT2D eigenvalue weighted by atomic mass is 35.5. The molecular weight excluding hydrogens is 486 g/mol. The second-order valence-corrected chi connectivity index (χ2v) is 9.39. The van der Waals surface area contributed by atoms with Crippen molar-refractivity contribution in [2.45, 2.75) is 45.1 Å². The Kier molecular flexibility index (Phi) is 9.83. The molecule has 0 radical (unpaired) electrons. The van der Waals surface area contributed by atoms with Crippen LogP contribution in [0, 0.1) is 0 Å². The van der Waals surface area contributed by atoms with Crippen LogP contribution in [0.5, 0.6) is 11.5 Å². The summed E-state index contributed by atoms with van der Waals surface area (Å²) in [5.74, 6) is 2.66. The number of carbonyl (C=O) groups is 1. The van der Waals surface area contributed by atoms with Crippen molar-refractivity contribution in [3.63, 3.8) is 0 Å². The number of unbranched alkanes of at least 4 members (excludes halogenated alkanes) is 2. The highest BCUT2D eigenvalue weighted by Gasteiger charge is 2.11. The molecule has 0 saturated heterocycles. The summed E-state index contributed by atoms with van der Waals surface area (Å²) >= 11 is 6.20. The van der Waals surface area contributed by atoms with E-state index in [-0.39, 0.29) is 5.91 Å². The van der Waals surface area contributed by atoms with Gasteiger partial charge in [-0.1, -0.05) is 54.4 Å². The van der Waals surface area contributed by atoms with E-state index < -0.39 is 0 Å². The van der Waals surface area contributed by atoms with E-state index in [0.717, 1.165) is 72.6 Å². The first kappa shape index (κ1) is 26.6. The van der Waals surface area contributed by atoms with Crippen LogP contribution < -0.4 is 14.8 Å². The maximum Gasteiger partial charge on any atom is 0.224 e. The molecule has 0 aliphatic heterocycles. The molecule has 0 atom stereocenters. The number of fused-ring (bicyclic) bond motifs is 1. The monoisotopic (exact) mass is 519 g/mol. The van der Waals surface area contributed by atoms with Gasteiger partial charge in [0, 0.05) is 19.5 Å². The third-order valence-corrected chi connectivity index (χ3v) is 6.59. The number of amides is 1. The van der Waals surface area contributed by atoms with Crippen LogP contribution in [0.25, 0.3) is 11.0 Å². The van der Waals surface area contributed by atoms with Crippen LogP contribution in [0.4, 0.5) is 0 Å². The summed E-state index contributed by atoms with van der Waals surface area (Å²) in [7, 11) is 1.64. The van der Waals surface area contributed by atoms with Crippen LogP contribution in [-0.4, -0.2) is 35.7 Å². The van der Waals surface area contributed by atoms with Crippen molar-refractivity contribution < 1.29 is 14.3 Å². The summed E-state index contributed by atoms with van der Waals surface area (Å²) in [5, 5.41) is 3.66. The van der Waals surface area contributed by atoms with Crippen LogP contribution in [0.2, 0.25) is 5.02 Å². The molecule has 0 bridgehead atoms. The number of hydrogen-bond donors (Lipinski definition) is 1. The first-order valence-corrected chi connectivity index (χ1v) is 13.2. The quantitative estimate of drug-likeness (QED) is 0.200. The minimum atomic E-state index is 0.0472. The molecule has 0 aliphatic carbocycles. The van der Waals surface area contributed by atoms with Gasteiger partial charge in [-0.2, -0.15) is 0 Å². The largest absolute Gasteiger partial charge is 0.497 e. The standard InChI is InChI=1S/C30H34ClN3O3/c1-36-24-17-15-23(16-18-24)22-30(35)32-19-8-2-3-14-29-33-26-11-5-6-12-27(26)34(29)20-9-21-37-28-13-7-4-10-25(28)31/h4-7,10-13,15-18H,2-3,8-9,14,19-22H2,1H3,(H,32,35). The number of ether oxygens (including phenoxy) is 2. The zero-order valence-electron chi connectivity index (χ0n) is 21.3. The number of para-hydroxylation sites is 3. The summed E-state index contributed by atoms with van der Waals surface area (Å²) in [6.45, 7) is 2.11. The maximum atomic E-state index is 12.2. The van der Waals surface area contributed by atoms with Crippen molar-refractivity contribution in [1.29, 1.82) is 0 Å².